The molecule has 2 amide bonds. The summed E-state index contributed by atoms with van der Waals surface area (Å²) in [6, 6.07) is 9.32. The summed E-state index contributed by atoms with van der Waals surface area (Å²) in [6.07, 6.45) is 1.57. The van der Waals surface area contributed by atoms with Gasteiger partial charge in [0.2, 0.25) is 5.91 Å². The van der Waals surface area contributed by atoms with Gasteiger partial charge in [-0.3, -0.25) is 14.9 Å². The summed E-state index contributed by atoms with van der Waals surface area (Å²) in [5, 5.41) is 3.65. The highest BCUT2D eigenvalue weighted by Gasteiger charge is 2.52. The Balaban J connectivity index is 1.74. The third kappa shape index (κ3) is 3.50. The number of nitrogens with zero attached hydrogens (tertiary/aromatic N) is 2. The van der Waals surface area contributed by atoms with E-state index in [1.54, 1.807) is 0 Å². The maximum Gasteiger partial charge on any atom is 0.253 e. The van der Waals surface area contributed by atoms with E-state index in [1.807, 2.05) is 35.2 Å². The summed E-state index contributed by atoms with van der Waals surface area (Å²) in [5.74, 6) is 0.991. The largest absolute Gasteiger partial charge is 0.338 e. The van der Waals surface area contributed by atoms with Crippen LogP contribution in [-0.4, -0.2) is 53.0 Å². The van der Waals surface area contributed by atoms with Crippen LogP contribution in [0.1, 0.15) is 50.9 Å². The third-order valence-corrected chi connectivity index (χ3v) is 5.59. The van der Waals surface area contributed by atoms with Crippen LogP contribution in [0.2, 0.25) is 0 Å². The average Bonchev–Trinajstić information content (AvgIpc) is 2.88. The van der Waals surface area contributed by atoms with Crippen LogP contribution in [0.3, 0.4) is 0 Å². The van der Waals surface area contributed by atoms with Crippen molar-refractivity contribution in [2.45, 2.75) is 52.2 Å². The number of benzene rings is 1. The Morgan fingerprint density at radius 2 is 1.77 bits per heavy atom. The summed E-state index contributed by atoms with van der Waals surface area (Å²) in [6.45, 7) is 10.6. The molecule has 2 aliphatic rings. The molecule has 5 heteroatoms. The summed E-state index contributed by atoms with van der Waals surface area (Å²) >= 11 is 0. The number of carbonyl (C=O) groups excluding carboxylic acids is 2. The lowest BCUT2D eigenvalue weighted by Crippen LogP contribution is -2.60. The molecule has 2 aliphatic heterocycles. The number of likely N-dealkylation sites (tertiary alicyclic amines) is 1. The van der Waals surface area contributed by atoms with Gasteiger partial charge in [-0.2, -0.15) is 0 Å². The first-order valence-corrected chi connectivity index (χ1v) is 9.77. The molecular weight excluding hydrogens is 326 g/mol. The quantitative estimate of drug-likeness (QED) is 0.901. The lowest BCUT2D eigenvalue weighted by Gasteiger charge is -2.45. The molecule has 1 N–H and O–H groups in total. The van der Waals surface area contributed by atoms with Gasteiger partial charge in [0.25, 0.3) is 5.91 Å². The van der Waals surface area contributed by atoms with Crippen LogP contribution in [-0.2, 0) is 4.79 Å². The molecule has 0 radical (unpaired) electrons. The smallest absolute Gasteiger partial charge is 0.253 e. The molecule has 1 aromatic rings. The van der Waals surface area contributed by atoms with Crippen molar-refractivity contribution in [3.05, 3.63) is 35.9 Å². The van der Waals surface area contributed by atoms with Crippen LogP contribution in [0.5, 0.6) is 0 Å². The molecule has 5 nitrogen and oxygen atoms in total. The minimum atomic E-state index is -0.302. The molecule has 0 saturated carbocycles. The molecule has 2 fully saturated rings. The summed E-state index contributed by atoms with van der Waals surface area (Å²) in [5.41, 5.74) is 0.432. The Hall–Kier alpha value is -1.88. The van der Waals surface area contributed by atoms with Crippen LogP contribution in [0, 0.1) is 11.8 Å². The van der Waals surface area contributed by atoms with Gasteiger partial charge in [0.1, 0.15) is 0 Å². The van der Waals surface area contributed by atoms with Gasteiger partial charge < -0.3 is 9.80 Å². The highest BCUT2D eigenvalue weighted by atomic mass is 16.2. The molecule has 0 aliphatic carbocycles. The second-order valence-electron chi connectivity index (χ2n) is 8.40. The highest BCUT2D eigenvalue weighted by molar-refractivity contribution is 5.94. The first-order valence-electron chi connectivity index (χ1n) is 9.77. The van der Waals surface area contributed by atoms with Crippen molar-refractivity contribution >= 4 is 11.8 Å². The standard InChI is InChI=1S/C21H31N3O2/c1-15(2)14-24-20(26)18(16(3)4)22-21(24)10-12-23(13-11-21)19(25)17-8-6-5-7-9-17/h5-9,15-16,18,22H,10-14H2,1-4H3. The molecule has 2 heterocycles. The Bertz CT molecular complexity index is 648. The van der Waals surface area contributed by atoms with E-state index in [0.717, 1.165) is 24.9 Å². The van der Waals surface area contributed by atoms with E-state index in [2.05, 4.69) is 37.9 Å². The van der Waals surface area contributed by atoms with Gasteiger partial charge >= 0.3 is 0 Å². The van der Waals surface area contributed by atoms with Crippen LogP contribution >= 0.6 is 0 Å². The van der Waals surface area contributed by atoms with Crippen molar-refractivity contribution < 1.29 is 9.59 Å². The molecule has 26 heavy (non-hydrogen) atoms. The highest BCUT2D eigenvalue weighted by Crippen LogP contribution is 2.35. The van der Waals surface area contributed by atoms with Gasteiger partial charge in [0, 0.05) is 38.0 Å². The second-order valence-corrected chi connectivity index (χ2v) is 8.40. The number of piperidine rings is 1. The van der Waals surface area contributed by atoms with E-state index >= 15 is 0 Å². The molecule has 0 aromatic heterocycles. The van der Waals surface area contributed by atoms with Crippen LogP contribution < -0.4 is 5.32 Å². The molecule has 3 rings (SSSR count). The van der Waals surface area contributed by atoms with Crippen molar-refractivity contribution in [2.75, 3.05) is 19.6 Å². The number of carbonyl (C=O) groups is 2. The minimum absolute atomic E-state index is 0.0839. The summed E-state index contributed by atoms with van der Waals surface area (Å²) < 4.78 is 0. The molecule has 142 valence electrons. The van der Waals surface area contributed by atoms with E-state index in [4.69, 9.17) is 0 Å². The molecule has 1 unspecified atom stereocenters. The monoisotopic (exact) mass is 357 g/mol. The summed E-state index contributed by atoms with van der Waals surface area (Å²) in [7, 11) is 0. The zero-order chi connectivity index (χ0) is 18.9. The number of amides is 2. The number of nitrogens with one attached hydrogen (secondary N) is 1. The molecule has 1 aromatic carbocycles. The normalized spacial score (nSPS) is 22.7. The Morgan fingerprint density at radius 1 is 1.15 bits per heavy atom. The maximum atomic E-state index is 13.0. The molecule has 2 saturated heterocycles. The van der Waals surface area contributed by atoms with Gasteiger partial charge in [-0.1, -0.05) is 45.9 Å². The second kappa shape index (κ2) is 7.39. The van der Waals surface area contributed by atoms with Gasteiger partial charge in [-0.25, -0.2) is 0 Å². The fourth-order valence-corrected chi connectivity index (χ4v) is 4.15. The predicted molar refractivity (Wildman–Crippen MR) is 103 cm³/mol. The predicted octanol–water partition coefficient (Wildman–Crippen LogP) is 2.73. The fraction of sp³-hybridized carbons (Fsp3) is 0.619. The van der Waals surface area contributed by atoms with Crippen molar-refractivity contribution in [2.24, 2.45) is 11.8 Å². The first-order chi connectivity index (χ1) is 12.3. The lowest BCUT2D eigenvalue weighted by molar-refractivity contribution is -0.134. The van der Waals surface area contributed by atoms with Crippen molar-refractivity contribution in [3.8, 4) is 0 Å². The molecule has 0 bridgehead atoms. The summed E-state index contributed by atoms with van der Waals surface area (Å²) in [4.78, 5) is 29.7. The van der Waals surface area contributed by atoms with E-state index in [0.29, 0.717) is 19.0 Å². The van der Waals surface area contributed by atoms with Crippen LogP contribution in [0.25, 0.3) is 0 Å². The topological polar surface area (TPSA) is 52.7 Å². The van der Waals surface area contributed by atoms with Gasteiger partial charge in [-0.15, -0.1) is 0 Å². The lowest BCUT2D eigenvalue weighted by atomic mass is 9.94. The molecule has 1 atom stereocenters. The van der Waals surface area contributed by atoms with Crippen molar-refractivity contribution in [1.82, 2.24) is 15.1 Å². The Kier molecular flexibility index (Phi) is 5.37. The van der Waals surface area contributed by atoms with E-state index in [1.165, 1.54) is 0 Å². The van der Waals surface area contributed by atoms with Gasteiger partial charge in [0.15, 0.2) is 0 Å². The Labute approximate surface area is 156 Å². The minimum Gasteiger partial charge on any atom is -0.338 e. The van der Waals surface area contributed by atoms with E-state index in [9.17, 15) is 9.59 Å². The zero-order valence-corrected chi connectivity index (χ0v) is 16.4. The third-order valence-electron chi connectivity index (χ3n) is 5.59. The van der Waals surface area contributed by atoms with Gasteiger partial charge in [-0.05, 0) is 24.0 Å². The van der Waals surface area contributed by atoms with Crippen LogP contribution in [0.15, 0.2) is 30.3 Å². The average molecular weight is 357 g/mol. The van der Waals surface area contributed by atoms with Crippen molar-refractivity contribution in [3.63, 3.8) is 0 Å². The Morgan fingerprint density at radius 3 is 2.31 bits per heavy atom. The fourth-order valence-electron chi connectivity index (χ4n) is 4.15. The van der Waals surface area contributed by atoms with Crippen LogP contribution in [0.4, 0.5) is 0 Å². The van der Waals surface area contributed by atoms with E-state index in [-0.39, 0.29) is 29.4 Å². The number of rotatable bonds is 4. The number of hydrogen-bond donors (Lipinski definition) is 1. The van der Waals surface area contributed by atoms with Crippen molar-refractivity contribution in [1.29, 1.82) is 0 Å². The first kappa shape index (κ1) is 18.9. The van der Waals surface area contributed by atoms with E-state index < -0.39 is 0 Å². The maximum absolute atomic E-state index is 13.0. The number of hydrogen-bond acceptors (Lipinski definition) is 3. The zero-order valence-electron chi connectivity index (χ0n) is 16.4. The molecule has 1 spiro atoms. The van der Waals surface area contributed by atoms with Gasteiger partial charge in [0.05, 0.1) is 11.7 Å². The SMILES string of the molecule is CC(C)CN1C(=O)C(C(C)C)NC12CCN(C(=O)c1ccccc1)CC2. The molecular formula is C21H31N3O2.